The van der Waals surface area contributed by atoms with Crippen molar-refractivity contribution in [1.82, 2.24) is 4.98 Å². The van der Waals surface area contributed by atoms with Crippen LogP contribution in [0.3, 0.4) is 0 Å². The number of benzene rings is 2. The number of para-hydroxylation sites is 1. The molecule has 0 fully saturated rings. The van der Waals surface area contributed by atoms with Gasteiger partial charge in [-0.2, -0.15) is 0 Å². The summed E-state index contributed by atoms with van der Waals surface area (Å²) in [4.78, 5) is 4.19. The lowest BCUT2D eigenvalue weighted by Gasteiger charge is -2.15. The first-order chi connectivity index (χ1) is 10.1. The zero-order chi connectivity index (χ0) is 15.0. The number of halogens is 3. The minimum atomic E-state index is -1.43. The van der Waals surface area contributed by atoms with Crippen molar-refractivity contribution in [2.24, 2.45) is 0 Å². The average molecular weight is 350 g/mol. The highest BCUT2D eigenvalue weighted by atomic mass is 79.9. The normalized spacial score (nSPS) is 12.6. The van der Waals surface area contributed by atoms with Gasteiger partial charge in [0.25, 0.3) is 0 Å². The van der Waals surface area contributed by atoms with E-state index in [0.29, 0.717) is 11.1 Å². The number of hydrogen-bond donors (Lipinski definition) is 1. The number of fused-ring (bicyclic) bond motifs is 1. The Bertz CT molecular complexity index is 817. The Morgan fingerprint density at radius 3 is 2.62 bits per heavy atom. The molecule has 21 heavy (non-hydrogen) atoms. The Kier molecular flexibility index (Phi) is 3.69. The molecule has 3 rings (SSSR count). The van der Waals surface area contributed by atoms with E-state index >= 15 is 0 Å². The van der Waals surface area contributed by atoms with Crippen LogP contribution in [0.5, 0.6) is 0 Å². The van der Waals surface area contributed by atoms with Gasteiger partial charge in [0.2, 0.25) is 0 Å². The fourth-order valence-corrected chi connectivity index (χ4v) is 2.64. The van der Waals surface area contributed by atoms with Crippen molar-refractivity contribution in [3.05, 3.63) is 75.9 Å². The van der Waals surface area contributed by atoms with Crippen LogP contribution in [0.2, 0.25) is 0 Å². The second-order valence-electron chi connectivity index (χ2n) is 4.58. The van der Waals surface area contributed by atoms with Crippen LogP contribution in [-0.2, 0) is 0 Å². The van der Waals surface area contributed by atoms with Gasteiger partial charge in [-0.1, -0.05) is 24.3 Å². The van der Waals surface area contributed by atoms with Crippen LogP contribution in [0.1, 0.15) is 17.2 Å². The topological polar surface area (TPSA) is 33.1 Å². The predicted octanol–water partition coefficient (Wildman–Crippen LogP) is 4.36. The van der Waals surface area contributed by atoms with E-state index in [2.05, 4.69) is 20.9 Å². The number of nitrogens with zero attached hydrogens (tertiary/aromatic N) is 1. The van der Waals surface area contributed by atoms with Crippen molar-refractivity contribution in [1.29, 1.82) is 0 Å². The first-order valence-electron chi connectivity index (χ1n) is 6.24. The molecule has 2 nitrogen and oxygen atoms in total. The maximum Gasteiger partial charge on any atom is 0.146 e. The minimum absolute atomic E-state index is 0.103. The van der Waals surface area contributed by atoms with Gasteiger partial charge in [0, 0.05) is 17.1 Å². The molecule has 5 heteroatoms. The molecule has 2 aromatic carbocycles. The summed E-state index contributed by atoms with van der Waals surface area (Å²) in [6, 6.07) is 11.1. The molecule has 0 bridgehead atoms. The zero-order valence-electron chi connectivity index (χ0n) is 10.7. The Hall–Kier alpha value is -1.85. The SMILES string of the molecule is OC(c1c(F)ccc(Br)c1F)c1cccc2cccnc12. The van der Waals surface area contributed by atoms with Crippen LogP contribution < -0.4 is 0 Å². The van der Waals surface area contributed by atoms with E-state index in [9.17, 15) is 13.9 Å². The highest BCUT2D eigenvalue weighted by Crippen LogP contribution is 2.33. The Morgan fingerprint density at radius 1 is 1.05 bits per heavy atom. The summed E-state index contributed by atoms with van der Waals surface area (Å²) in [6.07, 6.45) is 0.146. The lowest BCUT2D eigenvalue weighted by molar-refractivity contribution is 0.210. The van der Waals surface area contributed by atoms with Gasteiger partial charge in [-0.15, -0.1) is 0 Å². The van der Waals surface area contributed by atoms with Crippen molar-refractivity contribution in [3.63, 3.8) is 0 Å². The largest absolute Gasteiger partial charge is 0.383 e. The van der Waals surface area contributed by atoms with Crippen LogP contribution in [0.4, 0.5) is 8.78 Å². The molecule has 0 radical (unpaired) electrons. The monoisotopic (exact) mass is 349 g/mol. The summed E-state index contributed by atoms with van der Waals surface area (Å²) in [5.74, 6) is -1.61. The Labute approximate surface area is 128 Å². The molecule has 0 amide bonds. The predicted molar refractivity (Wildman–Crippen MR) is 79.9 cm³/mol. The third kappa shape index (κ3) is 2.43. The molecule has 0 spiro atoms. The summed E-state index contributed by atoms with van der Waals surface area (Å²) in [6.45, 7) is 0. The molecule has 3 aromatic rings. The number of aromatic nitrogens is 1. The van der Waals surface area contributed by atoms with Gasteiger partial charge < -0.3 is 5.11 Å². The van der Waals surface area contributed by atoms with Crippen molar-refractivity contribution in [2.75, 3.05) is 0 Å². The summed E-state index contributed by atoms with van der Waals surface area (Å²) in [5.41, 5.74) is 0.498. The molecule has 1 N–H and O–H groups in total. The quantitative estimate of drug-likeness (QED) is 0.697. The maximum absolute atomic E-state index is 14.1. The number of rotatable bonds is 2. The van der Waals surface area contributed by atoms with Crippen LogP contribution in [0.25, 0.3) is 10.9 Å². The highest BCUT2D eigenvalue weighted by molar-refractivity contribution is 9.10. The summed E-state index contributed by atoms with van der Waals surface area (Å²) < 4.78 is 28.2. The minimum Gasteiger partial charge on any atom is -0.383 e. The van der Waals surface area contributed by atoms with E-state index in [1.807, 2.05) is 12.1 Å². The van der Waals surface area contributed by atoms with E-state index in [0.717, 1.165) is 11.5 Å². The van der Waals surface area contributed by atoms with E-state index in [-0.39, 0.29) is 10.0 Å². The molecule has 106 valence electrons. The van der Waals surface area contributed by atoms with E-state index in [1.54, 1.807) is 24.4 Å². The molecule has 0 aliphatic heterocycles. The lowest BCUT2D eigenvalue weighted by Crippen LogP contribution is -2.07. The second kappa shape index (κ2) is 5.50. The number of aliphatic hydroxyl groups excluding tert-OH is 1. The van der Waals surface area contributed by atoms with Crippen molar-refractivity contribution in [3.8, 4) is 0 Å². The molecule has 1 unspecified atom stereocenters. The second-order valence-corrected chi connectivity index (χ2v) is 5.44. The van der Waals surface area contributed by atoms with Crippen LogP contribution in [0, 0.1) is 11.6 Å². The molecule has 1 aromatic heterocycles. The molecule has 1 atom stereocenters. The van der Waals surface area contributed by atoms with Crippen molar-refractivity contribution >= 4 is 26.8 Å². The Morgan fingerprint density at radius 2 is 1.81 bits per heavy atom. The summed E-state index contributed by atoms with van der Waals surface area (Å²) in [5, 5.41) is 11.2. The number of pyridine rings is 1. The van der Waals surface area contributed by atoms with Crippen LogP contribution >= 0.6 is 15.9 Å². The van der Waals surface area contributed by atoms with Gasteiger partial charge in [0.05, 0.1) is 15.6 Å². The fourth-order valence-electron chi connectivity index (χ4n) is 2.30. The van der Waals surface area contributed by atoms with Gasteiger partial charge >= 0.3 is 0 Å². The average Bonchev–Trinajstić information content (AvgIpc) is 2.50. The summed E-state index contributed by atoms with van der Waals surface area (Å²) >= 11 is 3.00. The molecular formula is C16H10BrF2NO. The van der Waals surface area contributed by atoms with E-state index in [1.165, 1.54) is 6.07 Å². The third-order valence-corrected chi connectivity index (χ3v) is 3.92. The lowest BCUT2D eigenvalue weighted by atomic mass is 9.98. The van der Waals surface area contributed by atoms with Gasteiger partial charge in [-0.3, -0.25) is 4.98 Å². The Balaban J connectivity index is 2.22. The molecular weight excluding hydrogens is 340 g/mol. The highest BCUT2D eigenvalue weighted by Gasteiger charge is 2.23. The number of hydrogen-bond acceptors (Lipinski definition) is 2. The molecule has 0 saturated heterocycles. The van der Waals surface area contributed by atoms with Gasteiger partial charge in [-0.25, -0.2) is 8.78 Å². The smallest absolute Gasteiger partial charge is 0.146 e. The first-order valence-corrected chi connectivity index (χ1v) is 7.04. The van der Waals surface area contributed by atoms with E-state index in [4.69, 9.17) is 0 Å². The summed E-state index contributed by atoms with van der Waals surface area (Å²) in [7, 11) is 0. The molecule has 1 heterocycles. The maximum atomic E-state index is 14.1. The molecule has 0 aliphatic rings. The van der Waals surface area contributed by atoms with Gasteiger partial charge in [-0.05, 0) is 34.1 Å². The van der Waals surface area contributed by atoms with Crippen molar-refractivity contribution < 1.29 is 13.9 Å². The number of aliphatic hydroxyl groups is 1. The first kappa shape index (κ1) is 14.1. The van der Waals surface area contributed by atoms with Crippen LogP contribution in [-0.4, -0.2) is 10.1 Å². The van der Waals surface area contributed by atoms with Crippen molar-refractivity contribution in [2.45, 2.75) is 6.10 Å². The zero-order valence-corrected chi connectivity index (χ0v) is 12.3. The van der Waals surface area contributed by atoms with Gasteiger partial charge in [0.1, 0.15) is 17.7 Å². The van der Waals surface area contributed by atoms with Crippen LogP contribution in [0.15, 0.2) is 53.1 Å². The molecule has 0 saturated carbocycles. The van der Waals surface area contributed by atoms with Gasteiger partial charge in [0.15, 0.2) is 0 Å². The molecule has 0 aliphatic carbocycles. The standard InChI is InChI=1S/C16H10BrF2NO/c17-11-6-7-12(18)13(14(11)19)16(21)10-5-1-3-9-4-2-8-20-15(9)10/h1-8,16,21H. The fraction of sp³-hybridized carbons (Fsp3) is 0.0625. The third-order valence-electron chi connectivity index (χ3n) is 3.31. The van der Waals surface area contributed by atoms with E-state index < -0.39 is 17.7 Å².